The molecular formula is C25H20ClNO6. The summed E-state index contributed by atoms with van der Waals surface area (Å²) >= 11 is 6.14. The van der Waals surface area contributed by atoms with E-state index in [2.05, 4.69) is 5.32 Å². The molecule has 0 radical (unpaired) electrons. The molecule has 4 rings (SSSR count). The molecule has 0 atom stereocenters. The highest BCUT2D eigenvalue weighted by Gasteiger charge is 2.14. The first-order chi connectivity index (χ1) is 16.0. The van der Waals surface area contributed by atoms with Crippen LogP contribution >= 0.6 is 11.6 Å². The van der Waals surface area contributed by atoms with Crippen LogP contribution in [-0.2, 0) is 4.79 Å². The topological polar surface area (TPSA) is 87.0 Å². The molecule has 0 aliphatic heterocycles. The molecule has 0 aliphatic carbocycles. The van der Waals surface area contributed by atoms with Crippen LogP contribution in [0.2, 0.25) is 5.02 Å². The van der Waals surface area contributed by atoms with E-state index in [9.17, 15) is 9.59 Å². The Morgan fingerprint density at radius 3 is 2.45 bits per heavy atom. The molecule has 1 amide bonds. The van der Waals surface area contributed by atoms with Gasteiger partial charge in [-0.15, -0.1) is 0 Å². The minimum atomic E-state index is -0.472. The molecule has 0 bridgehead atoms. The minimum absolute atomic E-state index is 0.277. The second kappa shape index (κ2) is 9.67. The molecule has 0 saturated carbocycles. The maximum atomic E-state index is 12.4. The number of ether oxygens (including phenoxy) is 3. The number of nitrogens with one attached hydrogen (secondary N) is 1. The highest BCUT2D eigenvalue weighted by Crippen LogP contribution is 2.36. The van der Waals surface area contributed by atoms with E-state index in [0.29, 0.717) is 33.5 Å². The van der Waals surface area contributed by atoms with Crippen LogP contribution in [0.1, 0.15) is 0 Å². The molecule has 1 aromatic heterocycles. The van der Waals surface area contributed by atoms with Crippen LogP contribution in [0.3, 0.4) is 0 Å². The zero-order chi connectivity index (χ0) is 23.4. The third kappa shape index (κ3) is 4.94. The third-order valence-corrected chi connectivity index (χ3v) is 5.21. The Morgan fingerprint density at radius 2 is 1.73 bits per heavy atom. The van der Waals surface area contributed by atoms with Gasteiger partial charge in [0, 0.05) is 23.6 Å². The Labute approximate surface area is 194 Å². The second-order valence-corrected chi connectivity index (χ2v) is 7.43. The fourth-order valence-electron chi connectivity index (χ4n) is 3.38. The van der Waals surface area contributed by atoms with Gasteiger partial charge in [0.25, 0.3) is 5.91 Å². The maximum Gasteiger partial charge on any atom is 0.336 e. The molecule has 8 heteroatoms. The van der Waals surface area contributed by atoms with E-state index in [-0.39, 0.29) is 6.61 Å². The van der Waals surface area contributed by atoms with Crippen molar-refractivity contribution < 1.29 is 23.4 Å². The van der Waals surface area contributed by atoms with E-state index in [1.54, 1.807) is 24.3 Å². The van der Waals surface area contributed by atoms with Crippen molar-refractivity contribution in [1.29, 1.82) is 0 Å². The SMILES string of the molecule is COc1cc(OC)c(NC(=O)COc2ccc3c(-c4ccccc4)cc(=O)oc3c2)cc1Cl. The molecular weight excluding hydrogens is 446 g/mol. The summed E-state index contributed by atoms with van der Waals surface area (Å²) in [4.78, 5) is 24.5. The molecule has 1 N–H and O–H groups in total. The van der Waals surface area contributed by atoms with Gasteiger partial charge in [-0.1, -0.05) is 41.9 Å². The Balaban J connectivity index is 1.52. The van der Waals surface area contributed by atoms with Gasteiger partial charge in [0.2, 0.25) is 0 Å². The first-order valence-electron chi connectivity index (χ1n) is 9.96. The molecule has 0 aliphatic rings. The van der Waals surface area contributed by atoms with Crippen LogP contribution in [0.25, 0.3) is 22.1 Å². The van der Waals surface area contributed by atoms with Crippen molar-refractivity contribution >= 4 is 34.2 Å². The van der Waals surface area contributed by atoms with E-state index in [1.807, 2.05) is 30.3 Å². The molecule has 0 unspecified atom stereocenters. The van der Waals surface area contributed by atoms with Crippen LogP contribution < -0.4 is 25.2 Å². The number of benzene rings is 3. The number of rotatable bonds is 7. The van der Waals surface area contributed by atoms with Gasteiger partial charge in [-0.25, -0.2) is 4.79 Å². The first kappa shape index (κ1) is 22.2. The lowest BCUT2D eigenvalue weighted by molar-refractivity contribution is -0.118. The molecule has 168 valence electrons. The fourth-order valence-corrected chi connectivity index (χ4v) is 3.62. The van der Waals surface area contributed by atoms with Crippen LogP contribution in [0.5, 0.6) is 17.2 Å². The zero-order valence-electron chi connectivity index (χ0n) is 17.9. The fraction of sp³-hybridized carbons (Fsp3) is 0.120. The normalized spacial score (nSPS) is 10.6. The average molecular weight is 466 g/mol. The Morgan fingerprint density at radius 1 is 0.970 bits per heavy atom. The van der Waals surface area contributed by atoms with E-state index < -0.39 is 11.5 Å². The summed E-state index contributed by atoms with van der Waals surface area (Å²) in [5.41, 5.74) is 1.93. The summed E-state index contributed by atoms with van der Waals surface area (Å²) in [7, 11) is 2.96. The predicted molar refractivity (Wildman–Crippen MR) is 127 cm³/mol. The maximum absolute atomic E-state index is 12.4. The van der Waals surface area contributed by atoms with Crippen molar-refractivity contribution in [2.24, 2.45) is 0 Å². The van der Waals surface area contributed by atoms with E-state index in [1.165, 1.54) is 26.4 Å². The Hall–Kier alpha value is -3.97. The second-order valence-electron chi connectivity index (χ2n) is 7.03. The van der Waals surface area contributed by atoms with Gasteiger partial charge >= 0.3 is 5.63 Å². The molecule has 0 saturated heterocycles. The van der Waals surface area contributed by atoms with Crippen LogP contribution in [0, 0.1) is 0 Å². The summed E-state index contributed by atoms with van der Waals surface area (Å²) in [6, 6.07) is 19.2. The van der Waals surface area contributed by atoms with Crippen LogP contribution in [-0.4, -0.2) is 26.7 Å². The van der Waals surface area contributed by atoms with Crippen molar-refractivity contribution in [3.8, 4) is 28.4 Å². The smallest absolute Gasteiger partial charge is 0.336 e. The first-order valence-corrected chi connectivity index (χ1v) is 10.3. The number of carbonyl (C=O) groups excluding carboxylic acids is 1. The van der Waals surface area contributed by atoms with Crippen molar-refractivity contribution in [3.63, 3.8) is 0 Å². The van der Waals surface area contributed by atoms with Gasteiger partial charge in [0.05, 0.1) is 24.9 Å². The van der Waals surface area contributed by atoms with Crippen LogP contribution in [0.15, 0.2) is 75.9 Å². The number of fused-ring (bicyclic) bond motifs is 1. The average Bonchev–Trinajstić information content (AvgIpc) is 2.82. The molecule has 33 heavy (non-hydrogen) atoms. The number of anilines is 1. The standard InChI is InChI=1S/C25H20ClNO6/c1-30-22-13-23(31-2)20(12-19(22)26)27-24(28)14-32-16-8-9-17-18(15-6-4-3-5-7-15)11-25(29)33-21(17)10-16/h3-13H,14H2,1-2H3,(H,27,28). The summed E-state index contributed by atoms with van der Waals surface area (Å²) in [5.74, 6) is 0.778. The van der Waals surface area contributed by atoms with Crippen molar-refractivity contribution in [2.75, 3.05) is 26.1 Å². The van der Waals surface area contributed by atoms with Crippen molar-refractivity contribution in [3.05, 3.63) is 82.2 Å². The number of hydrogen-bond donors (Lipinski definition) is 1. The van der Waals surface area contributed by atoms with Gasteiger partial charge < -0.3 is 23.9 Å². The number of amides is 1. The van der Waals surface area contributed by atoms with Crippen molar-refractivity contribution in [1.82, 2.24) is 0 Å². The van der Waals surface area contributed by atoms with E-state index in [4.69, 9.17) is 30.2 Å². The quantitative estimate of drug-likeness (QED) is 0.380. The molecule has 7 nitrogen and oxygen atoms in total. The third-order valence-electron chi connectivity index (χ3n) is 4.92. The van der Waals surface area contributed by atoms with Crippen molar-refractivity contribution in [2.45, 2.75) is 0 Å². The monoisotopic (exact) mass is 465 g/mol. The summed E-state index contributed by atoms with van der Waals surface area (Å²) < 4.78 is 21.4. The van der Waals surface area contributed by atoms with Gasteiger partial charge in [-0.3, -0.25) is 4.79 Å². The lowest BCUT2D eigenvalue weighted by Gasteiger charge is -2.13. The van der Waals surface area contributed by atoms with Gasteiger partial charge in [0.15, 0.2) is 6.61 Å². The Kier molecular flexibility index (Phi) is 6.51. The van der Waals surface area contributed by atoms with Gasteiger partial charge in [0.1, 0.15) is 22.8 Å². The lowest BCUT2D eigenvalue weighted by Crippen LogP contribution is -2.20. The molecule has 4 aromatic rings. The Bertz CT molecular complexity index is 1370. The minimum Gasteiger partial charge on any atom is -0.495 e. The summed E-state index contributed by atoms with van der Waals surface area (Å²) in [6.07, 6.45) is 0. The van der Waals surface area contributed by atoms with Gasteiger partial charge in [-0.2, -0.15) is 0 Å². The highest BCUT2D eigenvalue weighted by atomic mass is 35.5. The number of hydrogen-bond acceptors (Lipinski definition) is 6. The van der Waals surface area contributed by atoms with E-state index >= 15 is 0 Å². The largest absolute Gasteiger partial charge is 0.495 e. The van der Waals surface area contributed by atoms with Gasteiger partial charge in [-0.05, 0) is 29.3 Å². The molecule has 1 heterocycles. The van der Waals surface area contributed by atoms with E-state index in [0.717, 1.165) is 16.5 Å². The zero-order valence-corrected chi connectivity index (χ0v) is 18.6. The number of carbonyl (C=O) groups is 1. The molecule has 0 spiro atoms. The number of halogens is 1. The lowest BCUT2D eigenvalue weighted by atomic mass is 10.0. The predicted octanol–water partition coefficient (Wildman–Crippen LogP) is 5.15. The molecule has 0 fully saturated rings. The summed E-state index contributed by atoms with van der Waals surface area (Å²) in [5, 5.41) is 3.78. The molecule has 3 aromatic carbocycles. The van der Waals surface area contributed by atoms with Crippen LogP contribution in [0.4, 0.5) is 5.69 Å². The number of methoxy groups -OCH3 is 2. The highest BCUT2D eigenvalue weighted by molar-refractivity contribution is 6.32. The summed E-state index contributed by atoms with van der Waals surface area (Å²) in [6.45, 7) is -0.277.